The summed E-state index contributed by atoms with van der Waals surface area (Å²) >= 11 is 0. The second kappa shape index (κ2) is 2.63. The summed E-state index contributed by atoms with van der Waals surface area (Å²) in [6, 6.07) is 0. The first kappa shape index (κ1) is 7.35. The average molecular weight is 161 g/mol. The number of fused-ring (bicyclic) bond motifs is 1. The van der Waals surface area contributed by atoms with E-state index in [2.05, 4.69) is 0 Å². The van der Waals surface area contributed by atoms with E-state index in [0.717, 1.165) is 11.3 Å². The largest absolute Gasteiger partial charge is 0.468 e. The maximum absolute atomic E-state index is 11.3. The van der Waals surface area contributed by atoms with Crippen molar-refractivity contribution in [3.63, 3.8) is 0 Å². The Bertz CT molecular complexity index is 308. The predicted molar refractivity (Wildman–Crippen MR) is 44.9 cm³/mol. The van der Waals surface area contributed by atoms with Crippen LogP contribution in [0.4, 0.5) is 0 Å². The fraction of sp³-hybridized carbons (Fsp3) is 0.200. The van der Waals surface area contributed by atoms with Crippen molar-refractivity contribution in [3.05, 3.63) is 42.2 Å². The van der Waals surface area contributed by atoms with Gasteiger partial charge in [-0.1, -0.05) is 11.6 Å². The number of allylic oxidation sites excluding steroid dienone is 5. The first-order chi connectivity index (χ1) is 5.77. The van der Waals surface area contributed by atoms with Crippen LogP contribution >= 0.6 is 0 Å². The molecule has 0 spiro atoms. The Labute approximate surface area is 71.2 Å². The molecule has 1 aliphatic heterocycles. The van der Waals surface area contributed by atoms with E-state index in [9.17, 15) is 4.79 Å². The summed E-state index contributed by atoms with van der Waals surface area (Å²) in [5.41, 5.74) is 1.11. The molecule has 1 aliphatic carbocycles. The topological polar surface area (TPSA) is 26.3 Å². The van der Waals surface area contributed by atoms with E-state index in [-0.39, 0.29) is 11.7 Å². The van der Waals surface area contributed by atoms with Gasteiger partial charge in [0.2, 0.25) is 0 Å². The molecule has 2 rings (SSSR count). The molecule has 2 aliphatic rings. The minimum Gasteiger partial charge on any atom is -0.468 e. The maximum atomic E-state index is 11.3. The normalized spacial score (nSPS) is 27.1. The van der Waals surface area contributed by atoms with Gasteiger partial charge < -0.3 is 4.74 Å². The highest BCUT2D eigenvalue weighted by Crippen LogP contribution is 2.28. The lowest BCUT2D eigenvalue weighted by molar-refractivity contribution is -0.117. The Kier molecular flexibility index (Phi) is 1.61. The van der Waals surface area contributed by atoms with E-state index in [1.165, 1.54) is 12.3 Å². The summed E-state index contributed by atoms with van der Waals surface area (Å²) in [5.74, 6) is 0.646. The van der Waals surface area contributed by atoms with Crippen molar-refractivity contribution in [2.24, 2.45) is 5.92 Å². The van der Waals surface area contributed by atoms with Gasteiger partial charge in [0.15, 0.2) is 5.78 Å². The van der Waals surface area contributed by atoms with Crippen molar-refractivity contribution in [2.75, 3.05) is 0 Å². The monoisotopic (exact) mass is 161 g/mol. The number of rotatable bonds is 0. The predicted octanol–water partition coefficient (Wildman–Crippen LogP) is 1.76. The number of carbonyl (C=O) groups excluding carboxylic acids is 1. The zero-order valence-electron chi connectivity index (χ0n) is 6.78. The highest BCUT2D eigenvalue weighted by Gasteiger charge is 2.27. The Balaban J connectivity index is 2.34. The molecule has 2 heteroatoms. The second-order valence-electron chi connectivity index (χ2n) is 2.95. The summed E-state index contributed by atoms with van der Waals surface area (Å²) in [6.07, 6.45) is 8.62. The molecule has 0 bridgehead atoms. The van der Waals surface area contributed by atoms with Gasteiger partial charge in [0.1, 0.15) is 5.76 Å². The zero-order chi connectivity index (χ0) is 8.55. The quantitative estimate of drug-likeness (QED) is 0.541. The lowest BCUT2D eigenvalue weighted by Gasteiger charge is -2.22. The van der Waals surface area contributed by atoms with E-state index in [1.807, 2.05) is 25.5 Å². The van der Waals surface area contributed by atoms with Crippen LogP contribution < -0.4 is 0 Å². The molecule has 0 N–H and O–H groups in total. The molecular weight excluding hydrogens is 152 g/mol. The fourth-order valence-corrected chi connectivity index (χ4v) is 1.34. The molecule has 0 aromatic carbocycles. The smallest absolute Gasteiger partial charge is 0.170 e. The average Bonchev–Trinajstić information content (AvgIpc) is 2.07. The second-order valence-corrected chi connectivity index (χ2v) is 2.95. The van der Waals surface area contributed by atoms with E-state index < -0.39 is 0 Å². The van der Waals surface area contributed by atoms with Gasteiger partial charge in [0.05, 0.1) is 12.2 Å². The zero-order valence-corrected chi connectivity index (χ0v) is 6.78. The van der Waals surface area contributed by atoms with Crippen LogP contribution in [0, 0.1) is 12.3 Å². The molecule has 0 amide bonds. The molecule has 61 valence electrons. The molecule has 0 fully saturated rings. The minimum absolute atomic E-state index is 0.0972. The van der Waals surface area contributed by atoms with Gasteiger partial charge in [-0.15, -0.1) is 0 Å². The summed E-state index contributed by atoms with van der Waals surface area (Å²) in [7, 11) is 0. The number of ether oxygens (including phenoxy) is 1. The van der Waals surface area contributed by atoms with Gasteiger partial charge in [-0.3, -0.25) is 4.79 Å². The van der Waals surface area contributed by atoms with Gasteiger partial charge in [-0.05, 0) is 13.0 Å². The Morgan fingerprint density at radius 3 is 3.08 bits per heavy atom. The van der Waals surface area contributed by atoms with Crippen molar-refractivity contribution in [2.45, 2.75) is 6.92 Å². The summed E-state index contributed by atoms with van der Waals surface area (Å²) in [6.45, 7) is 1.97. The number of ketones is 1. The van der Waals surface area contributed by atoms with Crippen LogP contribution in [0.1, 0.15) is 6.92 Å². The van der Waals surface area contributed by atoms with Gasteiger partial charge in [0.25, 0.3) is 0 Å². The SMILES string of the molecule is CC1=CC=C2OC=CC(=O)C2[CH]1. The van der Waals surface area contributed by atoms with Crippen LogP contribution in [0.3, 0.4) is 0 Å². The van der Waals surface area contributed by atoms with Crippen LogP contribution in [0.15, 0.2) is 35.8 Å². The standard InChI is InChI=1S/C10H9O2/c1-7-2-3-10-8(6-7)9(11)4-5-12-10/h2-6,8H,1H3. The third kappa shape index (κ3) is 1.09. The first-order valence-corrected chi connectivity index (χ1v) is 3.88. The number of carbonyl (C=O) groups is 1. The van der Waals surface area contributed by atoms with Gasteiger partial charge in [0, 0.05) is 12.5 Å². The van der Waals surface area contributed by atoms with Crippen molar-refractivity contribution in [3.8, 4) is 0 Å². The summed E-state index contributed by atoms with van der Waals surface area (Å²) < 4.78 is 5.18. The van der Waals surface area contributed by atoms with Crippen LogP contribution in [-0.2, 0) is 9.53 Å². The van der Waals surface area contributed by atoms with E-state index >= 15 is 0 Å². The molecule has 0 saturated carbocycles. The van der Waals surface area contributed by atoms with Crippen LogP contribution in [0.2, 0.25) is 0 Å². The van der Waals surface area contributed by atoms with Crippen LogP contribution in [0.25, 0.3) is 0 Å². The highest BCUT2D eigenvalue weighted by atomic mass is 16.5. The van der Waals surface area contributed by atoms with Gasteiger partial charge in [-0.2, -0.15) is 0 Å². The van der Waals surface area contributed by atoms with Crippen molar-refractivity contribution in [1.82, 2.24) is 0 Å². The Hall–Kier alpha value is -1.31. The number of hydrogen-bond donors (Lipinski definition) is 0. The molecule has 1 radical (unpaired) electrons. The highest BCUT2D eigenvalue weighted by molar-refractivity contribution is 5.95. The molecule has 1 atom stereocenters. The van der Waals surface area contributed by atoms with E-state index in [0.29, 0.717) is 0 Å². The van der Waals surface area contributed by atoms with Crippen molar-refractivity contribution < 1.29 is 9.53 Å². The van der Waals surface area contributed by atoms with Gasteiger partial charge in [-0.25, -0.2) is 0 Å². The molecule has 1 heterocycles. The molecule has 1 unspecified atom stereocenters. The first-order valence-electron chi connectivity index (χ1n) is 3.88. The summed E-state index contributed by atoms with van der Waals surface area (Å²) in [4.78, 5) is 11.3. The van der Waals surface area contributed by atoms with Gasteiger partial charge >= 0.3 is 0 Å². The maximum Gasteiger partial charge on any atom is 0.170 e. The lowest BCUT2D eigenvalue weighted by Crippen LogP contribution is -2.21. The van der Waals surface area contributed by atoms with E-state index in [1.54, 1.807) is 0 Å². The Morgan fingerprint density at radius 2 is 2.25 bits per heavy atom. The van der Waals surface area contributed by atoms with Crippen molar-refractivity contribution in [1.29, 1.82) is 0 Å². The van der Waals surface area contributed by atoms with Crippen LogP contribution in [-0.4, -0.2) is 5.78 Å². The molecule has 0 aromatic rings. The van der Waals surface area contributed by atoms with E-state index in [4.69, 9.17) is 4.74 Å². The Morgan fingerprint density at radius 1 is 1.42 bits per heavy atom. The fourth-order valence-electron chi connectivity index (χ4n) is 1.34. The molecule has 2 nitrogen and oxygen atoms in total. The third-order valence-electron chi connectivity index (χ3n) is 1.99. The molecule has 0 saturated heterocycles. The molecule has 0 aromatic heterocycles. The summed E-state index contributed by atoms with van der Waals surface area (Å²) in [5, 5.41) is 0. The number of hydrogen-bond acceptors (Lipinski definition) is 2. The molecular formula is C10H9O2. The minimum atomic E-state index is -0.181. The van der Waals surface area contributed by atoms with Crippen LogP contribution in [0.5, 0.6) is 0 Å². The third-order valence-corrected chi connectivity index (χ3v) is 1.99. The lowest BCUT2D eigenvalue weighted by atomic mass is 9.89. The van der Waals surface area contributed by atoms with Crippen molar-refractivity contribution >= 4 is 5.78 Å². The molecule has 12 heavy (non-hydrogen) atoms.